The SMILES string of the molecule is C=C(C)[N+](C)(C)C. The van der Waals surface area contributed by atoms with Gasteiger partial charge in [-0.25, -0.2) is 0 Å². The van der Waals surface area contributed by atoms with Crippen molar-refractivity contribution in [1.29, 1.82) is 0 Å². The molecule has 0 heterocycles. The summed E-state index contributed by atoms with van der Waals surface area (Å²) >= 11 is 0. The van der Waals surface area contributed by atoms with E-state index in [9.17, 15) is 0 Å². The van der Waals surface area contributed by atoms with Gasteiger partial charge in [-0.1, -0.05) is 0 Å². The molecule has 0 aliphatic heterocycles. The van der Waals surface area contributed by atoms with Crippen LogP contribution in [0.5, 0.6) is 0 Å². The summed E-state index contributed by atoms with van der Waals surface area (Å²) in [6.45, 7) is 5.83. The Labute approximate surface area is 45.8 Å². The van der Waals surface area contributed by atoms with Crippen LogP contribution in [0.1, 0.15) is 6.92 Å². The van der Waals surface area contributed by atoms with Crippen LogP contribution in [-0.2, 0) is 0 Å². The van der Waals surface area contributed by atoms with Gasteiger partial charge >= 0.3 is 0 Å². The first-order chi connectivity index (χ1) is 2.94. The number of rotatable bonds is 1. The minimum absolute atomic E-state index is 0.861. The van der Waals surface area contributed by atoms with Crippen LogP contribution in [0.3, 0.4) is 0 Å². The molecule has 0 rings (SSSR count). The van der Waals surface area contributed by atoms with Gasteiger partial charge in [-0.2, -0.15) is 0 Å². The molecule has 0 amide bonds. The summed E-state index contributed by atoms with van der Waals surface area (Å²) in [4.78, 5) is 0. The van der Waals surface area contributed by atoms with E-state index in [-0.39, 0.29) is 0 Å². The highest BCUT2D eigenvalue weighted by Gasteiger charge is 2.05. The monoisotopic (exact) mass is 100 g/mol. The predicted octanol–water partition coefficient (Wildman–Crippen LogP) is 1.23. The first kappa shape index (κ1) is 6.70. The van der Waals surface area contributed by atoms with Crippen molar-refractivity contribution in [2.24, 2.45) is 0 Å². The molecule has 0 atom stereocenters. The standard InChI is InChI=1S/C6H14N/c1-6(2)7(3,4)5/h1H2,2-5H3/q+1. The molecule has 1 nitrogen and oxygen atoms in total. The summed E-state index contributed by atoms with van der Waals surface area (Å²) in [6, 6.07) is 0. The van der Waals surface area contributed by atoms with Crippen molar-refractivity contribution in [3.05, 3.63) is 12.3 Å². The number of allylic oxidation sites excluding steroid dienone is 1. The van der Waals surface area contributed by atoms with E-state index in [1.54, 1.807) is 0 Å². The maximum Gasteiger partial charge on any atom is 0.0977 e. The Morgan fingerprint density at radius 1 is 1.29 bits per heavy atom. The van der Waals surface area contributed by atoms with Gasteiger partial charge < -0.3 is 4.48 Å². The number of hydrogen-bond acceptors (Lipinski definition) is 0. The molecule has 0 aromatic heterocycles. The van der Waals surface area contributed by atoms with E-state index in [0.29, 0.717) is 0 Å². The fourth-order valence-electron chi connectivity index (χ4n) is 0. The second-order valence-electron chi connectivity index (χ2n) is 2.75. The third kappa shape index (κ3) is 2.40. The predicted molar refractivity (Wildman–Crippen MR) is 32.8 cm³/mol. The van der Waals surface area contributed by atoms with E-state index in [2.05, 4.69) is 27.7 Å². The second-order valence-corrected chi connectivity index (χ2v) is 2.75. The van der Waals surface area contributed by atoms with Crippen molar-refractivity contribution in [2.75, 3.05) is 21.1 Å². The van der Waals surface area contributed by atoms with Gasteiger partial charge in [-0.15, -0.1) is 0 Å². The average molecular weight is 100 g/mol. The average Bonchev–Trinajstić information content (AvgIpc) is 1.31. The number of quaternary nitrogens is 1. The highest BCUT2D eigenvalue weighted by atomic mass is 15.3. The van der Waals surface area contributed by atoms with Crippen molar-refractivity contribution in [2.45, 2.75) is 6.92 Å². The summed E-state index contributed by atoms with van der Waals surface area (Å²) in [5.74, 6) is 0. The van der Waals surface area contributed by atoms with E-state index in [0.717, 1.165) is 4.48 Å². The van der Waals surface area contributed by atoms with Gasteiger partial charge in [-0.05, 0) is 6.58 Å². The van der Waals surface area contributed by atoms with E-state index >= 15 is 0 Å². The first-order valence-corrected chi connectivity index (χ1v) is 2.42. The highest BCUT2D eigenvalue weighted by Crippen LogP contribution is 2.00. The lowest BCUT2D eigenvalue weighted by Crippen LogP contribution is -2.31. The van der Waals surface area contributed by atoms with Crippen LogP contribution in [0.15, 0.2) is 12.3 Å². The van der Waals surface area contributed by atoms with Crippen molar-refractivity contribution in [3.8, 4) is 0 Å². The summed E-state index contributed by atoms with van der Waals surface area (Å²) < 4.78 is 0.861. The normalized spacial score (nSPS) is 11.4. The van der Waals surface area contributed by atoms with Gasteiger partial charge in [0, 0.05) is 6.92 Å². The Kier molecular flexibility index (Phi) is 1.59. The largest absolute Gasteiger partial charge is 0.303 e. The third-order valence-corrected chi connectivity index (χ3v) is 1.15. The fourth-order valence-corrected chi connectivity index (χ4v) is 0. The molecule has 0 N–H and O–H groups in total. The highest BCUT2D eigenvalue weighted by molar-refractivity contribution is 4.72. The summed E-state index contributed by atoms with van der Waals surface area (Å²) in [5, 5.41) is 0. The van der Waals surface area contributed by atoms with Crippen molar-refractivity contribution >= 4 is 0 Å². The van der Waals surface area contributed by atoms with Gasteiger partial charge in [0.05, 0.1) is 26.8 Å². The van der Waals surface area contributed by atoms with Gasteiger partial charge in [0.1, 0.15) is 0 Å². The van der Waals surface area contributed by atoms with Gasteiger partial charge in [0.25, 0.3) is 0 Å². The van der Waals surface area contributed by atoms with Gasteiger partial charge in [0.2, 0.25) is 0 Å². The second kappa shape index (κ2) is 1.66. The number of nitrogens with zero attached hydrogens (tertiary/aromatic N) is 1. The van der Waals surface area contributed by atoms with Crippen LogP contribution in [0, 0.1) is 0 Å². The molecule has 0 spiro atoms. The maximum absolute atomic E-state index is 3.80. The van der Waals surface area contributed by atoms with E-state index in [4.69, 9.17) is 0 Å². The molecule has 0 radical (unpaired) electrons. The zero-order chi connectivity index (χ0) is 6.08. The molecule has 0 saturated carbocycles. The molecular formula is C6H14N+. The molecular weight excluding hydrogens is 86.1 g/mol. The number of hydrogen-bond donors (Lipinski definition) is 0. The van der Waals surface area contributed by atoms with Gasteiger partial charge in [0.15, 0.2) is 0 Å². The molecule has 42 valence electrons. The first-order valence-electron chi connectivity index (χ1n) is 2.42. The zero-order valence-electron chi connectivity index (χ0n) is 5.65. The lowest BCUT2D eigenvalue weighted by Gasteiger charge is -2.22. The molecule has 0 fully saturated rings. The van der Waals surface area contributed by atoms with Crippen LogP contribution in [0.4, 0.5) is 0 Å². The third-order valence-electron chi connectivity index (χ3n) is 1.15. The lowest BCUT2D eigenvalue weighted by molar-refractivity contribution is -0.830. The summed E-state index contributed by atoms with van der Waals surface area (Å²) in [5.41, 5.74) is 1.18. The van der Waals surface area contributed by atoms with E-state index < -0.39 is 0 Å². The Morgan fingerprint density at radius 2 is 1.43 bits per heavy atom. The van der Waals surface area contributed by atoms with Crippen molar-refractivity contribution < 1.29 is 4.48 Å². The van der Waals surface area contributed by atoms with Gasteiger partial charge in [-0.3, -0.25) is 0 Å². The van der Waals surface area contributed by atoms with E-state index in [1.807, 2.05) is 6.92 Å². The van der Waals surface area contributed by atoms with E-state index in [1.165, 1.54) is 5.70 Å². The lowest BCUT2D eigenvalue weighted by atomic mass is 10.4. The molecule has 1 heteroatoms. The zero-order valence-corrected chi connectivity index (χ0v) is 5.65. The van der Waals surface area contributed by atoms with Crippen LogP contribution in [-0.4, -0.2) is 25.6 Å². The Balaban J connectivity index is 3.79. The molecule has 0 unspecified atom stereocenters. The maximum atomic E-state index is 3.80. The van der Waals surface area contributed by atoms with Crippen LogP contribution in [0.25, 0.3) is 0 Å². The van der Waals surface area contributed by atoms with Crippen molar-refractivity contribution in [1.82, 2.24) is 0 Å². The van der Waals surface area contributed by atoms with Crippen LogP contribution < -0.4 is 0 Å². The topological polar surface area (TPSA) is 0 Å². The Hall–Kier alpha value is -0.300. The quantitative estimate of drug-likeness (QED) is 0.435. The minimum Gasteiger partial charge on any atom is -0.303 e. The smallest absolute Gasteiger partial charge is 0.0977 e. The van der Waals surface area contributed by atoms with Crippen LogP contribution in [0.2, 0.25) is 0 Å². The molecule has 0 saturated heterocycles. The molecule has 0 aliphatic carbocycles. The Morgan fingerprint density at radius 3 is 1.43 bits per heavy atom. The van der Waals surface area contributed by atoms with Crippen LogP contribution >= 0.6 is 0 Å². The minimum atomic E-state index is 0.861. The summed E-state index contributed by atoms with van der Waals surface area (Å²) in [6.07, 6.45) is 0. The molecule has 0 aliphatic rings. The molecule has 7 heavy (non-hydrogen) atoms. The fraction of sp³-hybridized carbons (Fsp3) is 0.667. The molecule has 0 bridgehead atoms. The Bertz CT molecular complexity index is 76.7. The molecule has 0 aromatic rings. The van der Waals surface area contributed by atoms with Crippen molar-refractivity contribution in [3.63, 3.8) is 0 Å². The molecule has 0 aromatic carbocycles. The summed E-state index contributed by atoms with van der Waals surface area (Å²) in [7, 11) is 6.30.